The number of aromatic amines is 1. The van der Waals surface area contributed by atoms with Crippen molar-refractivity contribution in [3.63, 3.8) is 0 Å². The number of benzene rings is 2. The third kappa shape index (κ3) is 2.97. The van der Waals surface area contributed by atoms with Gasteiger partial charge in [-0.1, -0.05) is 48.5 Å². The lowest BCUT2D eigenvalue weighted by molar-refractivity contribution is 0.0596. The maximum absolute atomic E-state index is 12.1. The molecule has 0 aliphatic heterocycles. The molecule has 0 atom stereocenters. The van der Waals surface area contributed by atoms with Gasteiger partial charge in [0.05, 0.1) is 12.8 Å². The average Bonchev–Trinajstić information content (AvgIpc) is 2.92. The summed E-state index contributed by atoms with van der Waals surface area (Å²) in [4.78, 5) is 15.3. The van der Waals surface area contributed by atoms with Gasteiger partial charge >= 0.3 is 5.97 Å². The molecule has 0 bridgehead atoms. The maximum atomic E-state index is 12.1. The summed E-state index contributed by atoms with van der Waals surface area (Å²) in [7, 11) is 1.38. The number of aromatic nitrogens is 1. The van der Waals surface area contributed by atoms with E-state index in [0.717, 1.165) is 28.2 Å². The second-order valence-electron chi connectivity index (χ2n) is 5.22. The number of carbonyl (C=O) groups is 1. The molecule has 0 spiro atoms. The Labute approximate surface area is 135 Å². The Bertz CT molecular complexity index is 808. The molecule has 0 aliphatic carbocycles. The number of hydrogen-bond acceptors (Lipinski definition) is 3. The number of esters is 1. The fourth-order valence-corrected chi connectivity index (χ4v) is 2.64. The van der Waals surface area contributed by atoms with Crippen LogP contribution in [0.5, 0.6) is 0 Å². The van der Waals surface area contributed by atoms with Crippen molar-refractivity contribution in [2.75, 3.05) is 12.4 Å². The maximum Gasteiger partial charge on any atom is 0.356 e. The largest absolute Gasteiger partial charge is 0.464 e. The molecule has 1 aromatic heterocycles. The van der Waals surface area contributed by atoms with Gasteiger partial charge in [-0.05, 0) is 24.6 Å². The Morgan fingerprint density at radius 3 is 2.22 bits per heavy atom. The van der Waals surface area contributed by atoms with E-state index in [2.05, 4.69) is 10.3 Å². The molecule has 116 valence electrons. The minimum absolute atomic E-state index is 0.395. The van der Waals surface area contributed by atoms with Crippen LogP contribution in [0.4, 0.5) is 11.4 Å². The average molecular weight is 306 g/mol. The second kappa shape index (κ2) is 6.40. The van der Waals surface area contributed by atoms with Gasteiger partial charge in [0.2, 0.25) is 0 Å². The Hall–Kier alpha value is -3.01. The minimum Gasteiger partial charge on any atom is -0.464 e. The Morgan fingerprint density at radius 1 is 1.00 bits per heavy atom. The van der Waals surface area contributed by atoms with E-state index in [1.807, 2.05) is 67.6 Å². The number of rotatable bonds is 4. The van der Waals surface area contributed by atoms with Crippen LogP contribution in [0.1, 0.15) is 16.2 Å². The van der Waals surface area contributed by atoms with Gasteiger partial charge in [0.15, 0.2) is 0 Å². The van der Waals surface area contributed by atoms with Crippen molar-refractivity contribution in [2.24, 2.45) is 0 Å². The van der Waals surface area contributed by atoms with Crippen LogP contribution < -0.4 is 5.32 Å². The minimum atomic E-state index is -0.395. The molecule has 0 saturated carbocycles. The molecule has 1 heterocycles. The van der Waals surface area contributed by atoms with Gasteiger partial charge in [0.25, 0.3) is 0 Å². The van der Waals surface area contributed by atoms with Gasteiger partial charge in [-0.15, -0.1) is 0 Å². The summed E-state index contributed by atoms with van der Waals surface area (Å²) in [5.74, 6) is -0.395. The zero-order valence-electron chi connectivity index (χ0n) is 13.1. The van der Waals surface area contributed by atoms with Gasteiger partial charge in [-0.25, -0.2) is 4.79 Å². The van der Waals surface area contributed by atoms with Gasteiger partial charge in [0, 0.05) is 16.9 Å². The number of aryl methyl sites for hydroxylation is 1. The van der Waals surface area contributed by atoms with E-state index in [4.69, 9.17) is 4.74 Å². The fourth-order valence-electron chi connectivity index (χ4n) is 2.64. The van der Waals surface area contributed by atoms with Crippen molar-refractivity contribution in [3.05, 3.63) is 72.1 Å². The van der Waals surface area contributed by atoms with E-state index in [0.29, 0.717) is 5.69 Å². The summed E-state index contributed by atoms with van der Waals surface area (Å²) in [6.07, 6.45) is 0. The van der Waals surface area contributed by atoms with Crippen LogP contribution in [0.15, 0.2) is 60.7 Å². The molecule has 0 radical (unpaired) electrons. The smallest absolute Gasteiger partial charge is 0.356 e. The predicted molar refractivity (Wildman–Crippen MR) is 92.0 cm³/mol. The third-order valence-corrected chi connectivity index (χ3v) is 3.68. The van der Waals surface area contributed by atoms with Crippen LogP contribution in [0, 0.1) is 6.92 Å². The Kier molecular flexibility index (Phi) is 4.15. The van der Waals surface area contributed by atoms with Crippen molar-refractivity contribution >= 4 is 17.3 Å². The molecular weight excluding hydrogens is 288 g/mol. The molecule has 2 N–H and O–H groups in total. The zero-order valence-corrected chi connectivity index (χ0v) is 13.1. The van der Waals surface area contributed by atoms with Crippen molar-refractivity contribution in [1.29, 1.82) is 0 Å². The van der Waals surface area contributed by atoms with Crippen molar-refractivity contribution < 1.29 is 9.53 Å². The molecule has 0 fully saturated rings. The van der Waals surface area contributed by atoms with Gasteiger partial charge in [-0.2, -0.15) is 0 Å². The SMILES string of the molecule is COC(=O)c1[nH]c(C)c(-c2ccccc2)c1Nc1ccccc1. The molecular formula is C19H18N2O2. The van der Waals surface area contributed by atoms with Crippen LogP contribution in [-0.2, 0) is 4.74 Å². The molecule has 0 unspecified atom stereocenters. The van der Waals surface area contributed by atoms with E-state index in [-0.39, 0.29) is 0 Å². The molecule has 4 heteroatoms. The number of carbonyl (C=O) groups excluding carboxylic acids is 1. The fraction of sp³-hybridized carbons (Fsp3) is 0.105. The summed E-state index contributed by atoms with van der Waals surface area (Å²) in [6, 6.07) is 19.7. The summed E-state index contributed by atoms with van der Waals surface area (Å²) >= 11 is 0. The van der Waals surface area contributed by atoms with Gasteiger partial charge < -0.3 is 15.0 Å². The van der Waals surface area contributed by atoms with E-state index < -0.39 is 5.97 Å². The lowest BCUT2D eigenvalue weighted by Gasteiger charge is -2.10. The van der Waals surface area contributed by atoms with Crippen LogP contribution >= 0.6 is 0 Å². The lowest BCUT2D eigenvalue weighted by atomic mass is 10.0. The lowest BCUT2D eigenvalue weighted by Crippen LogP contribution is -2.05. The normalized spacial score (nSPS) is 10.3. The highest BCUT2D eigenvalue weighted by Crippen LogP contribution is 2.36. The standard InChI is InChI=1S/C19H18N2O2/c1-13-16(14-9-5-3-6-10-14)17(18(20-13)19(22)23-2)21-15-11-7-4-8-12-15/h3-12,20-21H,1-2H3. The van der Waals surface area contributed by atoms with Crippen molar-refractivity contribution in [1.82, 2.24) is 4.98 Å². The summed E-state index contributed by atoms with van der Waals surface area (Å²) in [6.45, 7) is 1.95. The van der Waals surface area contributed by atoms with Crippen LogP contribution in [0.2, 0.25) is 0 Å². The van der Waals surface area contributed by atoms with E-state index in [1.165, 1.54) is 7.11 Å². The third-order valence-electron chi connectivity index (χ3n) is 3.68. The first kappa shape index (κ1) is 14.9. The highest BCUT2D eigenvalue weighted by atomic mass is 16.5. The first-order valence-electron chi connectivity index (χ1n) is 7.39. The van der Waals surface area contributed by atoms with E-state index in [1.54, 1.807) is 0 Å². The van der Waals surface area contributed by atoms with E-state index >= 15 is 0 Å². The number of para-hydroxylation sites is 1. The first-order valence-corrected chi connectivity index (χ1v) is 7.39. The molecule has 3 rings (SSSR count). The second-order valence-corrected chi connectivity index (χ2v) is 5.22. The molecule has 4 nitrogen and oxygen atoms in total. The Balaban J connectivity index is 2.15. The summed E-state index contributed by atoms with van der Waals surface area (Å²) in [5.41, 5.74) is 4.98. The monoisotopic (exact) mass is 306 g/mol. The van der Waals surface area contributed by atoms with Gasteiger partial charge in [0.1, 0.15) is 5.69 Å². The molecule has 3 aromatic rings. The molecule has 2 aromatic carbocycles. The predicted octanol–water partition coefficient (Wildman–Crippen LogP) is 4.52. The molecule has 23 heavy (non-hydrogen) atoms. The number of hydrogen-bond donors (Lipinski definition) is 2. The number of anilines is 2. The van der Waals surface area contributed by atoms with Gasteiger partial charge in [-0.3, -0.25) is 0 Å². The molecule has 0 aliphatic rings. The number of methoxy groups -OCH3 is 1. The quantitative estimate of drug-likeness (QED) is 0.697. The summed E-state index contributed by atoms with van der Waals surface area (Å²) < 4.78 is 4.91. The van der Waals surface area contributed by atoms with Crippen LogP contribution in [-0.4, -0.2) is 18.1 Å². The van der Waals surface area contributed by atoms with Crippen LogP contribution in [0.3, 0.4) is 0 Å². The Morgan fingerprint density at radius 2 is 1.61 bits per heavy atom. The number of ether oxygens (including phenoxy) is 1. The summed E-state index contributed by atoms with van der Waals surface area (Å²) in [5, 5.41) is 3.34. The first-order chi connectivity index (χ1) is 11.2. The molecule has 0 amide bonds. The highest BCUT2D eigenvalue weighted by molar-refractivity contribution is 6.01. The van der Waals surface area contributed by atoms with E-state index in [9.17, 15) is 4.79 Å². The van der Waals surface area contributed by atoms with Crippen molar-refractivity contribution in [2.45, 2.75) is 6.92 Å². The topological polar surface area (TPSA) is 54.1 Å². The zero-order chi connectivity index (χ0) is 16.2. The van der Waals surface area contributed by atoms with Crippen molar-refractivity contribution in [3.8, 4) is 11.1 Å². The number of nitrogens with one attached hydrogen (secondary N) is 2. The number of H-pyrrole nitrogens is 1. The molecule has 0 saturated heterocycles. The highest BCUT2D eigenvalue weighted by Gasteiger charge is 2.22. The van der Waals surface area contributed by atoms with Crippen LogP contribution in [0.25, 0.3) is 11.1 Å².